The predicted molar refractivity (Wildman–Crippen MR) is 101 cm³/mol. The molecule has 4 N–H and O–H groups in total. The van der Waals surface area contributed by atoms with Gasteiger partial charge in [0.25, 0.3) is 5.91 Å². The van der Waals surface area contributed by atoms with Crippen molar-refractivity contribution in [3.8, 4) is 0 Å². The molecule has 9 nitrogen and oxygen atoms in total. The van der Waals surface area contributed by atoms with Gasteiger partial charge in [0.15, 0.2) is 0 Å². The summed E-state index contributed by atoms with van der Waals surface area (Å²) in [7, 11) is 0. The second-order valence-corrected chi connectivity index (χ2v) is 6.28. The van der Waals surface area contributed by atoms with Gasteiger partial charge < -0.3 is 15.4 Å². The molecule has 2 heterocycles. The maximum absolute atomic E-state index is 12.7. The van der Waals surface area contributed by atoms with E-state index in [1.807, 2.05) is 20.8 Å². The van der Waals surface area contributed by atoms with Gasteiger partial charge in [0.2, 0.25) is 11.9 Å². The molecule has 0 fully saturated rings. The average Bonchev–Trinajstić information content (AvgIpc) is 3.16. The number of primary amides is 1. The molecule has 1 aromatic carbocycles. The lowest BCUT2D eigenvalue weighted by atomic mass is 10.1. The van der Waals surface area contributed by atoms with Gasteiger partial charge in [-0.25, -0.2) is 4.98 Å². The Morgan fingerprint density at radius 1 is 1.26 bits per heavy atom. The highest BCUT2D eigenvalue weighted by Crippen LogP contribution is 2.25. The number of fused-ring (bicyclic) bond motifs is 1. The number of carbonyl (C=O) groups is 2. The number of amides is 2. The number of carbonyl (C=O) groups excluding carboxylic acids is 2. The van der Waals surface area contributed by atoms with Crippen LogP contribution in [0.2, 0.25) is 0 Å². The van der Waals surface area contributed by atoms with Crippen LogP contribution in [0.25, 0.3) is 11.0 Å². The summed E-state index contributed by atoms with van der Waals surface area (Å²) in [5.41, 5.74) is 8.90. The first-order valence-corrected chi connectivity index (χ1v) is 8.63. The van der Waals surface area contributed by atoms with E-state index in [2.05, 4.69) is 15.4 Å². The molecule has 0 bridgehead atoms. The Bertz CT molecular complexity index is 1030. The van der Waals surface area contributed by atoms with Crippen molar-refractivity contribution in [1.82, 2.24) is 19.3 Å². The molecule has 27 heavy (non-hydrogen) atoms. The van der Waals surface area contributed by atoms with E-state index in [1.54, 1.807) is 27.4 Å². The van der Waals surface area contributed by atoms with Crippen molar-refractivity contribution in [3.05, 3.63) is 40.7 Å². The van der Waals surface area contributed by atoms with Crippen LogP contribution in [0.15, 0.2) is 18.2 Å². The standard InChI is InChI=1S/C18H22N6O3/c1-4-24-14(8-11(3)22-24)17(27)21-18-20-13-9-12(16(19)26)7-10(2)15(13)23(18)5-6-25/h7-9,25H,4-6H2,1-3H3,(H2,19,26)(H,20,21,27). The van der Waals surface area contributed by atoms with Crippen molar-refractivity contribution in [2.75, 3.05) is 11.9 Å². The third kappa shape index (κ3) is 3.41. The van der Waals surface area contributed by atoms with E-state index >= 15 is 0 Å². The zero-order valence-electron chi connectivity index (χ0n) is 15.5. The predicted octanol–water partition coefficient (Wildman–Crippen LogP) is 1.21. The van der Waals surface area contributed by atoms with Crippen LogP contribution in [0.4, 0.5) is 5.95 Å². The largest absolute Gasteiger partial charge is 0.395 e. The Kier molecular flexibility index (Phi) is 4.95. The van der Waals surface area contributed by atoms with E-state index in [0.717, 1.165) is 16.8 Å². The van der Waals surface area contributed by atoms with Gasteiger partial charge in [0.1, 0.15) is 5.69 Å². The number of nitrogens with two attached hydrogens (primary N) is 1. The molecule has 0 saturated heterocycles. The number of anilines is 1. The molecule has 0 radical (unpaired) electrons. The van der Waals surface area contributed by atoms with Crippen LogP contribution in [0.5, 0.6) is 0 Å². The number of rotatable bonds is 6. The van der Waals surface area contributed by atoms with Crippen LogP contribution >= 0.6 is 0 Å². The summed E-state index contributed by atoms with van der Waals surface area (Å²) in [5.74, 6) is -0.611. The number of aliphatic hydroxyl groups is 1. The van der Waals surface area contributed by atoms with Gasteiger partial charge in [-0.15, -0.1) is 0 Å². The molecule has 2 amide bonds. The quantitative estimate of drug-likeness (QED) is 0.601. The summed E-state index contributed by atoms with van der Waals surface area (Å²) in [5, 5.41) is 16.5. The van der Waals surface area contributed by atoms with Crippen LogP contribution in [0, 0.1) is 13.8 Å². The van der Waals surface area contributed by atoms with Gasteiger partial charge in [-0.05, 0) is 44.5 Å². The fraction of sp³-hybridized carbons (Fsp3) is 0.333. The molecule has 142 valence electrons. The number of nitrogens with one attached hydrogen (secondary N) is 1. The lowest BCUT2D eigenvalue weighted by Crippen LogP contribution is -2.20. The molecule has 9 heteroatoms. The van der Waals surface area contributed by atoms with Crippen molar-refractivity contribution in [2.45, 2.75) is 33.9 Å². The summed E-state index contributed by atoms with van der Waals surface area (Å²) in [4.78, 5) is 28.7. The van der Waals surface area contributed by atoms with Crippen molar-refractivity contribution < 1.29 is 14.7 Å². The smallest absolute Gasteiger partial charge is 0.276 e. The molecular formula is C18H22N6O3. The Morgan fingerprint density at radius 3 is 2.63 bits per heavy atom. The summed E-state index contributed by atoms with van der Waals surface area (Å²) in [6.07, 6.45) is 0. The highest BCUT2D eigenvalue weighted by molar-refractivity contribution is 6.03. The molecule has 3 rings (SSSR count). The van der Waals surface area contributed by atoms with E-state index in [0.29, 0.717) is 23.3 Å². The first-order chi connectivity index (χ1) is 12.8. The number of imidazole rings is 1. The molecule has 0 saturated carbocycles. The molecule has 2 aromatic heterocycles. The second kappa shape index (κ2) is 7.20. The third-order valence-electron chi connectivity index (χ3n) is 4.30. The zero-order valence-corrected chi connectivity index (χ0v) is 15.5. The average molecular weight is 370 g/mol. The molecule has 0 spiro atoms. The first kappa shape index (κ1) is 18.6. The molecule has 0 aliphatic heterocycles. The van der Waals surface area contributed by atoms with Gasteiger partial charge in [-0.3, -0.25) is 19.6 Å². The first-order valence-electron chi connectivity index (χ1n) is 8.63. The van der Waals surface area contributed by atoms with E-state index in [-0.39, 0.29) is 25.0 Å². The lowest BCUT2D eigenvalue weighted by molar-refractivity contribution is 0.0996. The topological polar surface area (TPSA) is 128 Å². The fourth-order valence-corrected chi connectivity index (χ4v) is 3.17. The number of benzene rings is 1. The Hall–Kier alpha value is -3.20. The van der Waals surface area contributed by atoms with Crippen LogP contribution in [0.1, 0.15) is 39.0 Å². The molecule has 3 aromatic rings. The SMILES string of the molecule is CCn1nc(C)cc1C(=O)Nc1nc2cc(C(N)=O)cc(C)c2n1CCO. The Morgan fingerprint density at radius 2 is 2.00 bits per heavy atom. The number of hydrogen-bond acceptors (Lipinski definition) is 5. The summed E-state index contributed by atoms with van der Waals surface area (Å²) < 4.78 is 3.33. The van der Waals surface area contributed by atoms with E-state index in [4.69, 9.17) is 5.73 Å². The number of aromatic nitrogens is 4. The van der Waals surface area contributed by atoms with E-state index in [9.17, 15) is 14.7 Å². The van der Waals surface area contributed by atoms with Gasteiger partial charge in [-0.1, -0.05) is 0 Å². The van der Waals surface area contributed by atoms with Crippen molar-refractivity contribution in [2.24, 2.45) is 5.73 Å². The third-order valence-corrected chi connectivity index (χ3v) is 4.30. The van der Waals surface area contributed by atoms with Crippen molar-refractivity contribution in [1.29, 1.82) is 0 Å². The number of nitrogens with zero attached hydrogens (tertiary/aromatic N) is 4. The van der Waals surface area contributed by atoms with Gasteiger partial charge in [0.05, 0.1) is 23.3 Å². The minimum atomic E-state index is -0.551. The number of hydrogen-bond donors (Lipinski definition) is 3. The molecule has 0 atom stereocenters. The summed E-state index contributed by atoms with van der Waals surface area (Å²) in [6, 6.07) is 4.95. The van der Waals surface area contributed by atoms with Crippen LogP contribution < -0.4 is 11.1 Å². The fourth-order valence-electron chi connectivity index (χ4n) is 3.17. The maximum Gasteiger partial charge on any atom is 0.276 e. The highest BCUT2D eigenvalue weighted by Gasteiger charge is 2.19. The minimum Gasteiger partial charge on any atom is -0.395 e. The number of aliphatic hydroxyl groups excluding tert-OH is 1. The summed E-state index contributed by atoms with van der Waals surface area (Å²) >= 11 is 0. The van der Waals surface area contributed by atoms with Gasteiger partial charge in [-0.2, -0.15) is 5.10 Å². The van der Waals surface area contributed by atoms with Gasteiger partial charge in [0, 0.05) is 18.7 Å². The summed E-state index contributed by atoms with van der Waals surface area (Å²) in [6.45, 7) is 6.22. The zero-order chi connectivity index (χ0) is 19.7. The van der Waals surface area contributed by atoms with Crippen molar-refractivity contribution >= 4 is 28.8 Å². The van der Waals surface area contributed by atoms with Crippen molar-refractivity contribution in [3.63, 3.8) is 0 Å². The maximum atomic E-state index is 12.7. The van der Waals surface area contributed by atoms with Crippen LogP contribution in [0.3, 0.4) is 0 Å². The minimum absolute atomic E-state index is 0.128. The van der Waals surface area contributed by atoms with E-state index in [1.165, 1.54) is 0 Å². The molecule has 0 aliphatic rings. The van der Waals surface area contributed by atoms with Crippen LogP contribution in [-0.4, -0.2) is 42.9 Å². The molecule has 0 unspecified atom stereocenters. The lowest BCUT2D eigenvalue weighted by Gasteiger charge is -2.10. The number of aryl methyl sites for hydroxylation is 3. The highest BCUT2D eigenvalue weighted by atomic mass is 16.3. The normalized spacial score (nSPS) is 11.1. The van der Waals surface area contributed by atoms with Crippen LogP contribution in [-0.2, 0) is 13.1 Å². The molecule has 0 aliphatic carbocycles. The van der Waals surface area contributed by atoms with E-state index < -0.39 is 5.91 Å². The molecular weight excluding hydrogens is 348 g/mol. The Balaban J connectivity index is 2.07. The second-order valence-electron chi connectivity index (χ2n) is 6.28. The van der Waals surface area contributed by atoms with Gasteiger partial charge >= 0.3 is 0 Å². The Labute approximate surface area is 155 Å². The monoisotopic (exact) mass is 370 g/mol.